The molecule has 0 radical (unpaired) electrons. The minimum Gasteiger partial charge on any atom is -0.330 e. The number of benzene rings is 2. The van der Waals surface area contributed by atoms with Crippen LogP contribution in [0.5, 0.6) is 0 Å². The number of nitrogens with zero attached hydrogens (tertiary/aromatic N) is 2. The van der Waals surface area contributed by atoms with Gasteiger partial charge >= 0.3 is 0 Å². The minimum absolute atomic E-state index is 0.647. The summed E-state index contributed by atoms with van der Waals surface area (Å²) in [5.41, 5.74) is 2.28. The van der Waals surface area contributed by atoms with Gasteiger partial charge in [-0.3, -0.25) is 0 Å². The third kappa shape index (κ3) is 3.92. The van der Waals surface area contributed by atoms with E-state index in [9.17, 15) is 0 Å². The van der Waals surface area contributed by atoms with Gasteiger partial charge in [0.2, 0.25) is 0 Å². The highest BCUT2D eigenvalue weighted by Crippen LogP contribution is 2.21. The summed E-state index contributed by atoms with van der Waals surface area (Å²) in [5.74, 6) is 0.987. The SMILES string of the molecule is Clc1cc(Cl)cc(Cc2nccn2Cc2ccc(Br)cc2)c1. The summed E-state index contributed by atoms with van der Waals surface area (Å²) in [6, 6.07) is 13.9. The highest BCUT2D eigenvalue weighted by molar-refractivity contribution is 9.10. The van der Waals surface area contributed by atoms with E-state index in [1.165, 1.54) is 5.56 Å². The Hall–Kier alpha value is -1.29. The van der Waals surface area contributed by atoms with Gasteiger partial charge in [-0.25, -0.2) is 4.98 Å². The molecule has 5 heteroatoms. The van der Waals surface area contributed by atoms with E-state index in [4.69, 9.17) is 23.2 Å². The Morgan fingerprint density at radius 3 is 2.32 bits per heavy atom. The van der Waals surface area contributed by atoms with Gasteiger partial charge in [0.15, 0.2) is 0 Å². The minimum atomic E-state index is 0.647. The number of imidazole rings is 1. The maximum atomic E-state index is 6.06. The van der Waals surface area contributed by atoms with Crippen LogP contribution in [-0.4, -0.2) is 9.55 Å². The molecule has 0 N–H and O–H groups in total. The second-order valence-electron chi connectivity index (χ2n) is 5.05. The van der Waals surface area contributed by atoms with Crippen molar-refractivity contribution in [2.75, 3.05) is 0 Å². The lowest BCUT2D eigenvalue weighted by Crippen LogP contribution is -2.05. The maximum absolute atomic E-state index is 6.06. The van der Waals surface area contributed by atoms with E-state index < -0.39 is 0 Å². The molecule has 3 rings (SSSR count). The molecule has 0 saturated heterocycles. The van der Waals surface area contributed by atoms with E-state index >= 15 is 0 Å². The van der Waals surface area contributed by atoms with Crippen LogP contribution in [0.15, 0.2) is 59.3 Å². The average Bonchev–Trinajstić information content (AvgIpc) is 2.87. The fraction of sp³-hybridized carbons (Fsp3) is 0.118. The van der Waals surface area contributed by atoms with Crippen molar-refractivity contribution in [3.8, 4) is 0 Å². The van der Waals surface area contributed by atoms with Crippen molar-refractivity contribution in [3.63, 3.8) is 0 Å². The third-order valence-electron chi connectivity index (χ3n) is 3.35. The molecular weight excluding hydrogens is 383 g/mol. The fourth-order valence-electron chi connectivity index (χ4n) is 2.33. The Morgan fingerprint density at radius 1 is 0.955 bits per heavy atom. The molecule has 0 saturated carbocycles. The Bertz CT molecular complexity index is 761. The van der Waals surface area contributed by atoms with E-state index in [0.717, 1.165) is 22.4 Å². The molecule has 22 heavy (non-hydrogen) atoms. The number of halogens is 3. The largest absolute Gasteiger partial charge is 0.330 e. The first-order chi connectivity index (χ1) is 10.6. The molecule has 0 atom stereocenters. The molecule has 3 aromatic rings. The van der Waals surface area contributed by atoms with Gasteiger partial charge in [0, 0.05) is 39.9 Å². The lowest BCUT2D eigenvalue weighted by Gasteiger charge is -2.09. The van der Waals surface area contributed by atoms with E-state index in [2.05, 4.69) is 37.6 Å². The van der Waals surface area contributed by atoms with Crippen LogP contribution in [0.3, 0.4) is 0 Å². The molecule has 0 unspecified atom stereocenters. The lowest BCUT2D eigenvalue weighted by molar-refractivity contribution is 0.740. The van der Waals surface area contributed by atoms with Gasteiger partial charge in [-0.05, 0) is 41.5 Å². The second-order valence-corrected chi connectivity index (χ2v) is 6.84. The third-order valence-corrected chi connectivity index (χ3v) is 4.32. The quantitative estimate of drug-likeness (QED) is 0.562. The van der Waals surface area contributed by atoms with Crippen LogP contribution in [0.1, 0.15) is 17.0 Å². The van der Waals surface area contributed by atoms with Crippen LogP contribution in [0.25, 0.3) is 0 Å². The number of hydrogen-bond donors (Lipinski definition) is 0. The second kappa shape index (κ2) is 6.86. The van der Waals surface area contributed by atoms with Gasteiger partial charge in [-0.2, -0.15) is 0 Å². The van der Waals surface area contributed by atoms with Gasteiger partial charge in [0.25, 0.3) is 0 Å². The standard InChI is InChI=1S/C17H13BrCl2N2/c18-14-3-1-12(2-4-14)11-22-6-5-21-17(22)9-13-7-15(19)10-16(20)8-13/h1-8,10H,9,11H2. The highest BCUT2D eigenvalue weighted by Gasteiger charge is 2.07. The summed E-state index contributed by atoms with van der Waals surface area (Å²) >= 11 is 15.6. The Kier molecular flexibility index (Phi) is 4.87. The van der Waals surface area contributed by atoms with Crippen molar-refractivity contribution in [1.29, 1.82) is 0 Å². The van der Waals surface area contributed by atoms with Crippen LogP contribution in [0.2, 0.25) is 10.0 Å². The van der Waals surface area contributed by atoms with Gasteiger partial charge < -0.3 is 4.57 Å². The smallest absolute Gasteiger partial charge is 0.113 e. The van der Waals surface area contributed by atoms with Crippen molar-refractivity contribution < 1.29 is 0 Å². The van der Waals surface area contributed by atoms with E-state index in [0.29, 0.717) is 16.5 Å². The summed E-state index contributed by atoms with van der Waals surface area (Å²) in [6.07, 6.45) is 4.51. The Balaban J connectivity index is 1.81. The van der Waals surface area contributed by atoms with Crippen molar-refractivity contribution in [3.05, 3.63) is 86.3 Å². The van der Waals surface area contributed by atoms with Crippen molar-refractivity contribution in [1.82, 2.24) is 9.55 Å². The predicted octanol–water partition coefficient (Wildman–Crippen LogP) is 5.59. The fourth-order valence-corrected chi connectivity index (χ4v) is 3.17. The van der Waals surface area contributed by atoms with Crippen molar-refractivity contribution in [2.24, 2.45) is 0 Å². The van der Waals surface area contributed by atoms with Crippen LogP contribution in [0, 0.1) is 0 Å². The highest BCUT2D eigenvalue weighted by atomic mass is 79.9. The van der Waals surface area contributed by atoms with E-state index in [1.807, 2.05) is 36.7 Å². The molecule has 112 valence electrons. The first-order valence-corrected chi connectivity index (χ1v) is 8.34. The molecule has 1 aromatic heterocycles. The zero-order valence-electron chi connectivity index (χ0n) is 11.6. The summed E-state index contributed by atoms with van der Waals surface area (Å²) in [6.45, 7) is 0.789. The molecule has 0 aliphatic carbocycles. The van der Waals surface area contributed by atoms with E-state index in [-0.39, 0.29) is 0 Å². The first-order valence-electron chi connectivity index (χ1n) is 6.79. The van der Waals surface area contributed by atoms with E-state index in [1.54, 1.807) is 6.07 Å². The van der Waals surface area contributed by atoms with Gasteiger partial charge in [0.1, 0.15) is 5.82 Å². The number of hydrogen-bond acceptors (Lipinski definition) is 1. The molecule has 0 fully saturated rings. The van der Waals surface area contributed by atoms with Gasteiger partial charge in [0.05, 0.1) is 0 Å². The van der Waals surface area contributed by atoms with Gasteiger partial charge in [-0.15, -0.1) is 0 Å². The molecule has 0 amide bonds. The van der Waals surface area contributed by atoms with Crippen molar-refractivity contribution in [2.45, 2.75) is 13.0 Å². The normalized spacial score (nSPS) is 10.9. The maximum Gasteiger partial charge on any atom is 0.113 e. The summed E-state index contributed by atoms with van der Waals surface area (Å²) < 4.78 is 3.22. The monoisotopic (exact) mass is 394 g/mol. The molecule has 0 aliphatic heterocycles. The molecule has 0 bridgehead atoms. The number of aromatic nitrogens is 2. The number of rotatable bonds is 4. The average molecular weight is 396 g/mol. The summed E-state index contributed by atoms with van der Waals surface area (Å²) in [5, 5.41) is 1.29. The molecule has 2 nitrogen and oxygen atoms in total. The molecule has 0 spiro atoms. The van der Waals surface area contributed by atoms with Crippen molar-refractivity contribution >= 4 is 39.1 Å². The van der Waals surface area contributed by atoms with Crippen LogP contribution >= 0.6 is 39.1 Å². The summed E-state index contributed by atoms with van der Waals surface area (Å²) in [7, 11) is 0. The zero-order valence-corrected chi connectivity index (χ0v) is 14.7. The summed E-state index contributed by atoms with van der Waals surface area (Å²) in [4.78, 5) is 4.45. The Labute approximate surface area is 147 Å². The Morgan fingerprint density at radius 2 is 1.64 bits per heavy atom. The zero-order chi connectivity index (χ0) is 15.5. The molecule has 1 heterocycles. The molecule has 2 aromatic carbocycles. The van der Waals surface area contributed by atoms with Crippen LogP contribution in [0.4, 0.5) is 0 Å². The lowest BCUT2D eigenvalue weighted by atomic mass is 10.1. The first kappa shape index (κ1) is 15.6. The topological polar surface area (TPSA) is 17.8 Å². The predicted molar refractivity (Wildman–Crippen MR) is 94.7 cm³/mol. The van der Waals surface area contributed by atoms with Crippen LogP contribution in [-0.2, 0) is 13.0 Å². The van der Waals surface area contributed by atoms with Crippen LogP contribution < -0.4 is 0 Å². The molecular formula is C17H13BrCl2N2. The molecule has 0 aliphatic rings. The van der Waals surface area contributed by atoms with Gasteiger partial charge in [-0.1, -0.05) is 51.3 Å².